The fraction of sp³-hybridized carbons (Fsp3) is 0.417. The SMILES string of the molecule is Cc1cccc(=O)n1CCC(=O)NCCC(=O)O. The third-order valence-electron chi connectivity index (χ3n) is 2.49. The molecular formula is C12H16N2O4. The minimum Gasteiger partial charge on any atom is -0.481 e. The van der Waals surface area contributed by atoms with Crippen molar-refractivity contribution in [3.8, 4) is 0 Å². The lowest BCUT2D eigenvalue weighted by molar-refractivity contribution is -0.136. The Kier molecular flexibility index (Phi) is 5.10. The summed E-state index contributed by atoms with van der Waals surface area (Å²) in [6, 6.07) is 4.90. The number of nitrogens with one attached hydrogen (secondary N) is 1. The van der Waals surface area contributed by atoms with Crippen molar-refractivity contribution < 1.29 is 14.7 Å². The van der Waals surface area contributed by atoms with Crippen LogP contribution in [0.5, 0.6) is 0 Å². The number of carboxylic acids is 1. The molecule has 0 aliphatic rings. The maximum Gasteiger partial charge on any atom is 0.305 e. The van der Waals surface area contributed by atoms with Crippen molar-refractivity contribution >= 4 is 11.9 Å². The van der Waals surface area contributed by atoms with Gasteiger partial charge in [0, 0.05) is 31.3 Å². The van der Waals surface area contributed by atoms with Crippen LogP contribution in [0, 0.1) is 6.92 Å². The molecule has 0 aliphatic carbocycles. The van der Waals surface area contributed by atoms with Gasteiger partial charge in [-0.2, -0.15) is 0 Å². The van der Waals surface area contributed by atoms with Crippen LogP contribution in [0.25, 0.3) is 0 Å². The third kappa shape index (κ3) is 4.40. The summed E-state index contributed by atoms with van der Waals surface area (Å²) in [7, 11) is 0. The number of pyridine rings is 1. The standard InChI is InChI=1S/C12H16N2O4/c1-9-3-2-4-11(16)14(9)8-6-10(15)13-7-5-12(17)18/h2-4H,5-8H2,1H3,(H,13,15)(H,17,18). The lowest BCUT2D eigenvalue weighted by Crippen LogP contribution is -2.29. The molecule has 98 valence electrons. The van der Waals surface area contributed by atoms with Crippen LogP contribution in [0.2, 0.25) is 0 Å². The summed E-state index contributed by atoms with van der Waals surface area (Å²) in [6.07, 6.45) is 0.0560. The van der Waals surface area contributed by atoms with Gasteiger partial charge in [0.2, 0.25) is 5.91 Å². The zero-order chi connectivity index (χ0) is 13.5. The van der Waals surface area contributed by atoms with Crippen molar-refractivity contribution in [2.75, 3.05) is 6.54 Å². The first-order valence-electron chi connectivity index (χ1n) is 5.65. The summed E-state index contributed by atoms with van der Waals surface area (Å²) in [5.74, 6) is -1.21. The Morgan fingerprint density at radius 1 is 1.33 bits per heavy atom. The molecule has 2 N–H and O–H groups in total. The molecule has 1 amide bonds. The van der Waals surface area contributed by atoms with Crippen LogP contribution < -0.4 is 10.9 Å². The molecule has 6 heteroatoms. The van der Waals surface area contributed by atoms with Gasteiger partial charge in [0.15, 0.2) is 0 Å². The summed E-state index contributed by atoms with van der Waals surface area (Å²) in [5, 5.41) is 10.9. The van der Waals surface area contributed by atoms with E-state index < -0.39 is 5.97 Å². The van der Waals surface area contributed by atoms with E-state index in [1.54, 1.807) is 19.1 Å². The van der Waals surface area contributed by atoms with Gasteiger partial charge in [-0.25, -0.2) is 0 Å². The average molecular weight is 252 g/mol. The maximum atomic E-state index is 11.5. The first-order valence-corrected chi connectivity index (χ1v) is 5.65. The number of carbonyl (C=O) groups is 2. The minimum absolute atomic E-state index is 0.101. The Bertz CT molecular complexity index is 493. The van der Waals surface area contributed by atoms with E-state index in [0.29, 0.717) is 6.54 Å². The van der Waals surface area contributed by atoms with E-state index >= 15 is 0 Å². The van der Waals surface area contributed by atoms with Gasteiger partial charge >= 0.3 is 5.97 Å². The van der Waals surface area contributed by atoms with Gasteiger partial charge in [0.05, 0.1) is 6.42 Å². The number of rotatable bonds is 6. The molecule has 0 bridgehead atoms. The zero-order valence-corrected chi connectivity index (χ0v) is 10.2. The highest BCUT2D eigenvalue weighted by molar-refractivity contribution is 5.76. The number of aliphatic carboxylic acids is 1. The molecule has 0 aromatic carbocycles. The van der Waals surface area contributed by atoms with Gasteiger partial charge in [-0.3, -0.25) is 14.4 Å². The molecule has 0 atom stereocenters. The zero-order valence-electron chi connectivity index (χ0n) is 10.2. The molecule has 1 aromatic heterocycles. The highest BCUT2D eigenvalue weighted by Crippen LogP contribution is 1.95. The summed E-state index contributed by atoms with van der Waals surface area (Å²) in [4.78, 5) is 33.2. The summed E-state index contributed by atoms with van der Waals surface area (Å²) < 4.78 is 1.51. The smallest absolute Gasteiger partial charge is 0.305 e. The van der Waals surface area contributed by atoms with Crippen LogP contribution in [0.4, 0.5) is 0 Å². The Balaban J connectivity index is 2.43. The van der Waals surface area contributed by atoms with Gasteiger partial charge in [0.1, 0.15) is 0 Å². The van der Waals surface area contributed by atoms with Crippen molar-refractivity contribution in [1.82, 2.24) is 9.88 Å². The lowest BCUT2D eigenvalue weighted by Gasteiger charge is -2.09. The molecule has 0 saturated heterocycles. The molecular weight excluding hydrogens is 236 g/mol. The van der Waals surface area contributed by atoms with Gasteiger partial charge in [-0.1, -0.05) is 6.07 Å². The van der Waals surface area contributed by atoms with E-state index in [1.165, 1.54) is 10.6 Å². The van der Waals surface area contributed by atoms with E-state index in [2.05, 4.69) is 5.32 Å². The van der Waals surface area contributed by atoms with Crippen molar-refractivity contribution in [3.63, 3.8) is 0 Å². The molecule has 0 fully saturated rings. The van der Waals surface area contributed by atoms with Gasteiger partial charge in [0.25, 0.3) is 5.56 Å². The summed E-state index contributed by atoms with van der Waals surface area (Å²) in [5.41, 5.74) is 0.647. The largest absolute Gasteiger partial charge is 0.481 e. The number of amides is 1. The van der Waals surface area contributed by atoms with Crippen molar-refractivity contribution in [2.24, 2.45) is 0 Å². The highest BCUT2D eigenvalue weighted by Gasteiger charge is 2.05. The molecule has 0 unspecified atom stereocenters. The van der Waals surface area contributed by atoms with Gasteiger partial charge in [-0.05, 0) is 13.0 Å². The average Bonchev–Trinajstić information content (AvgIpc) is 2.27. The van der Waals surface area contributed by atoms with E-state index in [0.717, 1.165) is 5.69 Å². The third-order valence-corrected chi connectivity index (χ3v) is 2.49. The van der Waals surface area contributed by atoms with Crippen LogP contribution in [-0.4, -0.2) is 28.1 Å². The van der Waals surface area contributed by atoms with Crippen LogP contribution in [0.3, 0.4) is 0 Å². The van der Waals surface area contributed by atoms with E-state index in [9.17, 15) is 14.4 Å². The van der Waals surface area contributed by atoms with E-state index in [1.807, 2.05) is 0 Å². The van der Waals surface area contributed by atoms with Crippen molar-refractivity contribution in [3.05, 3.63) is 34.2 Å². The fourth-order valence-electron chi connectivity index (χ4n) is 1.52. The van der Waals surface area contributed by atoms with Crippen LogP contribution in [0.1, 0.15) is 18.5 Å². The number of nitrogens with zero attached hydrogens (tertiary/aromatic N) is 1. The molecule has 1 rings (SSSR count). The second-order valence-electron chi connectivity index (χ2n) is 3.90. The lowest BCUT2D eigenvalue weighted by atomic mass is 10.3. The molecule has 6 nitrogen and oxygen atoms in total. The number of hydrogen-bond acceptors (Lipinski definition) is 3. The first-order chi connectivity index (χ1) is 8.50. The second kappa shape index (κ2) is 6.58. The Hall–Kier alpha value is -2.11. The number of aromatic nitrogens is 1. The molecule has 18 heavy (non-hydrogen) atoms. The number of hydrogen-bond donors (Lipinski definition) is 2. The predicted molar refractivity (Wildman–Crippen MR) is 65.3 cm³/mol. The Morgan fingerprint density at radius 2 is 2.06 bits per heavy atom. The maximum absolute atomic E-state index is 11.5. The number of carbonyl (C=O) groups excluding carboxylic acids is 1. The number of carboxylic acid groups (broad SMARTS) is 1. The molecule has 1 aromatic rings. The topological polar surface area (TPSA) is 88.4 Å². The number of aryl methyl sites for hydroxylation is 1. The Morgan fingerprint density at radius 3 is 2.67 bits per heavy atom. The van der Waals surface area contributed by atoms with Crippen LogP contribution in [-0.2, 0) is 16.1 Å². The Labute approximate surface area is 104 Å². The fourth-order valence-corrected chi connectivity index (χ4v) is 1.52. The van der Waals surface area contributed by atoms with Crippen molar-refractivity contribution in [2.45, 2.75) is 26.3 Å². The molecule has 0 radical (unpaired) electrons. The van der Waals surface area contributed by atoms with E-state index in [-0.39, 0.29) is 30.9 Å². The first kappa shape index (κ1) is 14.0. The van der Waals surface area contributed by atoms with E-state index in [4.69, 9.17) is 5.11 Å². The molecule has 0 saturated carbocycles. The molecule has 1 heterocycles. The quantitative estimate of drug-likeness (QED) is 0.753. The van der Waals surface area contributed by atoms with Gasteiger partial charge in [-0.15, -0.1) is 0 Å². The van der Waals surface area contributed by atoms with Crippen LogP contribution >= 0.6 is 0 Å². The highest BCUT2D eigenvalue weighted by atomic mass is 16.4. The summed E-state index contributed by atoms with van der Waals surface area (Å²) in [6.45, 7) is 2.20. The molecule has 0 spiro atoms. The molecule has 0 aliphatic heterocycles. The second-order valence-corrected chi connectivity index (χ2v) is 3.90. The predicted octanol–water partition coefficient (Wildman–Crippen LogP) is 0.138. The summed E-state index contributed by atoms with van der Waals surface area (Å²) >= 11 is 0. The monoisotopic (exact) mass is 252 g/mol. The van der Waals surface area contributed by atoms with Crippen molar-refractivity contribution in [1.29, 1.82) is 0 Å². The normalized spacial score (nSPS) is 10.1. The van der Waals surface area contributed by atoms with Crippen LogP contribution in [0.15, 0.2) is 23.0 Å². The minimum atomic E-state index is -0.953. The van der Waals surface area contributed by atoms with Gasteiger partial charge < -0.3 is 15.0 Å².